The molecule has 1 aliphatic heterocycles. The minimum atomic E-state index is -0.0912. The van der Waals surface area contributed by atoms with Crippen LogP contribution in [0.25, 0.3) is 0 Å². The fraction of sp³-hybridized carbons (Fsp3) is 1.00. The molecule has 0 aromatic carbocycles. The third-order valence-corrected chi connectivity index (χ3v) is 3.48. The average molecular weight is 170 g/mol. The number of hydrogen-bond donors (Lipinski definition) is 1. The molecule has 2 fully saturated rings. The van der Waals surface area contributed by atoms with E-state index in [-0.39, 0.29) is 11.5 Å². The van der Waals surface area contributed by atoms with Crippen LogP contribution in [0, 0.1) is 5.41 Å². The van der Waals surface area contributed by atoms with Crippen molar-refractivity contribution in [2.24, 2.45) is 5.41 Å². The molecule has 1 saturated heterocycles. The molecule has 0 amide bonds. The van der Waals surface area contributed by atoms with Crippen molar-refractivity contribution in [3.63, 3.8) is 0 Å². The molecule has 0 radical (unpaired) electrons. The molecule has 2 rings (SSSR count). The van der Waals surface area contributed by atoms with E-state index in [4.69, 9.17) is 4.74 Å². The SMILES string of the molecule is OC1CCOCC12CCCCC2. The average Bonchev–Trinajstić information content (AvgIpc) is 2.12. The van der Waals surface area contributed by atoms with Crippen molar-refractivity contribution in [3.8, 4) is 0 Å². The summed E-state index contributed by atoms with van der Waals surface area (Å²) in [4.78, 5) is 0. The molecule has 1 unspecified atom stereocenters. The number of aliphatic hydroxyl groups is 1. The van der Waals surface area contributed by atoms with Crippen LogP contribution in [0.1, 0.15) is 38.5 Å². The van der Waals surface area contributed by atoms with Gasteiger partial charge in [-0.3, -0.25) is 0 Å². The van der Waals surface area contributed by atoms with Crippen molar-refractivity contribution in [2.75, 3.05) is 13.2 Å². The molecule has 1 N–H and O–H groups in total. The summed E-state index contributed by atoms with van der Waals surface area (Å²) in [5.41, 5.74) is 0.149. The molecule has 2 aliphatic rings. The van der Waals surface area contributed by atoms with E-state index in [2.05, 4.69) is 0 Å². The highest BCUT2D eigenvalue weighted by molar-refractivity contribution is 4.91. The first-order valence-electron chi connectivity index (χ1n) is 5.09. The normalized spacial score (nSPS) is 35.2. The zero-order chi connectivity index (χ0) is 8.44. The molecule has 70 valence electrons. The second-order valence-electron chi connectivity index (χ2n) is 4.28. The van der Waals surface area contributed by atoms with Gasteiger partial charge in [-0.2, -0.15) is 0 Å². The lowest BCUT2D eigenvalue weighted by Crippen LogP contribution is -2.45. The maximum absolute atomic E-state index is 9.90. The van der Waals surface area contributed by atoms with Gasteiger partial charge in [0.05, 0.1) is 12.7 Å². The van der Waals surface area contributed by atoms with Crippen molar-refractivity contribution < 1.29 is 9.84 Å². The van der Waals surface area contributed by atoms with Gasteiger partial charge in [0, 0.05) is 12.0 Å². The van der Waals surface area contributed by atoms with Gasteiger partial charge in [-0.1, -0.05) is 19.3 Å². The summed E-state index contributed by atoms with van der Waals surface area (Å²) in [5.74, 6) is 0. The van der Waals surface area contributed by atoms with Gasteiger partial charge in [-0.15, -0.1) is 0 Å². The Hall–Kier alpha value is -0.0800. The lowest BCUT2D eigenvalue weighted by molar-refractivity contribution is -0.115. The third kappa shape index (κ3) is 1.38. The molecule has 1 heterocycles. The molecular formula is C10H18O2. The molecule has 2 nitrogen and oxygen atoms in total. The van der Waals surface area contributed by atoms with Gasteiger partial charge >= 0.3 is 0 Å². The van der Waals surface area contributed by atoms with Crippen LogP contribution in [0.2, 0.25) is 0 Å². The molecule has 1 atom stereocenters. The lowest BCUT2D eigenvalue weighted by Gasteiger charge is -2.43. The van der Waals surface area contributed by atoms with E-state index >= 15 is 0 Å². The van der Waals surface area contributed by atoms with Crippen molar-refractivity contribution in [3.05, 3.63) is 0 Å². The highest BCUT2D eigenvalue weighted by Gasteiger charge is 2.41. The van der Waals surface area contributed by atoms with E-state index in [0.717, 1.165) is 19.6 Å². The zero-order valence-electron chi connectivity index (χ0n) is 7.59. The van der Waals surface area contributed by atoms with Crippen LogP contribution < -0.4 is 0 Å². The molecular weight excluding hydrogens is 152 g/mol. The lowest BCUT2D eigenvalue weighted by atomic mass is 9.69. The Morgan fingerprint density at radius 3 is 2.58 bits per heavy atom. The van der Waals surface area contributed by atoms with E-state index in [0.29, 0.717) is 0 Å². The first kappa shape index (κ1) is 8.52. The van der Waals surface area contributed by atoms with Gasteiger partial charge in [-0.05, 0) is 19.3 Å². The van der Waals surface area contributed by atoms with Gasteiger partial charge < -0.3 is 9.84 Å². The summed E-state index contributed by atoms with van der Waals surface area (Å²) in [6, 6.07) is 0. The molecule has 1 spiro atoms. The quantitative estimate of drug-likeness (QED) is 0.600. The van der Waals surface area contributed by atoms with Crippen molar-refractivity contribution in [2.45, 2.75) is 44.6 Å². The van der Waals surface area contributed by atoms with E-state index in [1.54, 1.807) is 0 Å². The van der Waals surface area contributed by atoms with E-state index < -0.39 is 0 Å². The second kappa shape index (κ2) is 3.35. The monoisotopic (exact) mass is 170 g/mol. The van der Waals surface area contributed by atoms with E-state index in [9.17, 15) is 5.11 Å². The predicted molar refractivity (Wildman–Crippen MR) is 47.0 cm³/mol. The first-order valence-corrected chi connectivity index (χ1v) is 5.09. The fourth-order valence-electron chi connectivity index (χ4n) is 2.61. The topological polar surface area (TPSA) is 29.5 Å². The van der Waals surface area contributed by atoms with Crippen molar-refractivity contribution in [1.29, 1.82) is 0 Å². The highest BCUT2D eigenvalue weighted by atomic mass is 16.5. The molecule has 0 aromatic rings. The van der Waals surface area contributed by atoms with Gasteiger partial charge in [-0.25, -0.2) is 0 Å². The molecule has 0 aromatic heterocycles. The van der Waals surface area contributed by atoms with Gasteiger partial charge in [0.25, 0.3) is 0 Å². The fourth-order valence-corrected chi connectivity index (χ4v) is 2.61. The highest BCUT2D eigenvalue weighted by Crippen LogP contribution is 2.42. The van der Waals surface area contributed by atoms with Gasteiger partial charge in [0.1, 0.15) is 0 Å². The summed E-state index contributed by atoms with van der Waals surface area (Å²) >= 11 is 0. The molecule has 1 aliphatic carbocycles. The van der Waals surface area contributed by atoms with Gasteiger partial charge in [0.2, 0.25) is 0 Å². The number of ether oxygens (including phenoxy) is 1. The summed E-state index contributed by atoms with van der Waals surface area (Å²) < 4.78 is 5.47. The van der Waals surface area contributed by atoms with Crippen LogP contribution in [-0.2, 0) is 4.74 Å². The minimum Gasteiger partial charge on any atom is -0.392 e. The summed E-state index contributed by atoms with van der Waals surface area (Å²) in [5, 5.41) is 9.90. The maximum Gasteiger partial charge on any atom is 0.0640 e. The predicted octanol–water partition coefficient (Wildman–Crippen LogP) is 1.72. The number of rotatable bonds is 0. The van der Waals surface area contributed by atoms with Crippen LogP contribution >= 0.6 is 0 Å². The third-order valence-electron chi connectivity index (χ3n) is 3.48. The smallest absolute Gasteiger partial charge is 0.0640 e. The van der Waals surface area contributed by atoms with Gasteiger partial charge in [0.15, 0.2) is 0 Å². The number of hydrogen-bond acceptors (Lipinski definition) is 2. The summed E-state index contributed by atoms with van der Waals surface area (Å²) in [6.45, 7) is 1.55. The second-order valence-corrected chi connectivity index (χ2v) is 4.28. The molecule has 1 saturated carbocycles. The Bertz CT molecular complexity index is 142. The Kier molecular flexibility index (Phi) is 2.37. The van der Waals surface area contributed by atoms with E-state index in [1.807, 2.05) is 0 Å². The van der Waals surface area contributed by atoms with Crippen molar-refractivity contribution >= 4 is 0 Å². The Labute approximate surface area is 73.9 Å². The van der Waals surface area contributed by atoms with Crippen LogP contribution in [0.4, 0.5) is 0 Å². The largest absolute Gasteiger partial charge is 0.392 e. The molecule has 12 heavy (non-hydrogen) atoms. The standard InChI is InChI=1S/C10H18O2/c11-9-4-7-12-8-10(9)5-2-1-3-6-10/h9,11H,1-8H2. The van der Waals surface area contributed by atoms with Crippen LogP contribution in [-0.4, -0.2) is 24.4 Å². The van der Waals surface area contributed by atoms with Crippen LogP contribution in [0.3, 0.4) is 0 Å². The Balaban J connectivity index is 2.04. The van der Waals surface area contributed by atoms with E-state index in [1.165, 1.54) is 32.1 Å². The summed E-state index contributed by atoms with van der Waals surface area (Å²) in [7, 11) is 0. The Morgan fingerprint density at radius 1 is 1.17 bits per heavy atom. The van der Waals surface area contributed by atoms with Crippen molar-refractivity contribution in [1.82, 2.24) is 0 Å². The zero-order valence-corrected chi connectivity index (χ0v) is 7.59. The molecule has 0 bridgehead atoms. The Morgan fingerprint density at radius 2 is 1.92 bits per heavy atom. The summed E-state index contributed by atoms with van der Waals surface area (Å²) in [6.07, 6.45) is 7.00. The molecule has 2 heteroatoms. The minimum absolute atomic E-state index is 0.0912. The maximum atomic E-state index is 9.90. The number of aliphatic hydroxyl groups excluding tert-OH is 1. The van der Waals surface area contributed by atoms with Crippen LogP contribution in [0.5, 0.6) is 0 Å². The first-order chi connectivity index (χ1) is 5.83. The van der Waals surface area contributed by atoms with Crippen LogP contribution in [0.15, 0.2) is 0 Å².